The lowest BCUT2D eigenvalue weighted by Crippen LogP contribution is -2.29. The zero-order valence-corrected chi connectivity index (χ0v) is 24.9. The van der Waals surface area contributed by atoms with Gasteiger partial charge in [0.2, 0.25) is 9.84 Å². The van der Waals surface area contributed by atoms with Gasteiger partial charge in [-0.15, -0.1) is 0 Å². The van der Waals surface area contributed by atoms with E-state index in [2.05, 4.69) is 86.6 Å². The third-order valence-electron chi connectivity index (χ3n) is 9.40. The Hall–Kier alpha value is -4.73. The van der Waals surface area contributed by atoms with Crippen LogP contribution in [0, 0.1) is 0 Å². The Morgan fingerprint density at radius 2 is 0.930 bits per heavy atom. The van der Waals surface area contributed by atoms with Gasteiger partial charge in [-0.05, 0) is 74.3 Å². The lowest BCUT2D eigenvalue weighted by atomic mass is 9.64. The molecule has 8 rings (SSSR count). The zero-order valence-electron chi connectivity index (χ0n) is 24.1. The number of hydrogen-bond donors (Lipinski definition) is 0. The van der Waals surface area contributed by atoms with E-state index in [0.717, 1.165) is 33.4 Å². The molecule has 6 aromatic rings. The quantitative estimate of drug-likeness (QED) is 0.211. The molecule has 2 aliphatic rings. The maximum absolute atomic E-state index is 13.4. The highest BCUT2D eigenvalue weighted by Gasteiger charge is 2.37. The van der Waals surface area contributed by atoms with Gasteiger partial charge in [-0.3, -0.25) is 0 Å². The summed E-state index contributed by atoms with van der Waals surface area (Å²) >= 11 is 0. The van der Waals surface area contributed by atoms with Crippen LogP contribution in [0.25, 0.3) is 33.4 Å². The molecule has 0 spiro atoms. The second-order valence-corrected chi connectivity index (χ2v) is 14.0. The predicted octanol–water partition coefficient (Wildman–Crippen LogP) is 9.65. The average molecular weight is 575 g/mol. The highest BCUT2D eigenvalue weighted by molar-refractivity contribution is 7.92. The second-order valence-electron chi connectivity index (χ2n) is 12.1. The SMILES string of the molecule is CC1(C)c2ccccc2C(c2ccc(-c3ccc4c(c3)-c3cc(-c5ccccc5)ccc3S4(=O)=O)cc2)c2ccccc21. The lowest BCUT2D eigenvalue weighted by molar-refractivity contribution is 0.597. The molecular formula is C40H30O2S. The van der Waals surface area contributed by atoms with Crippen molar-refractivity contribution in [3.05, 3.63) is 167 Å². The molecule has 0 atom stereocenters. The summed E-state index contributed by atoms with van der Waals surface area (Å²) in [5.41, 5.74) is 12.3. The topological polar surface area (TPSA) is 34.1 Å². The number of hydrogen-bond acceptors (Lipinski definition) is 2. The standard InChI is InChI=1S/C40H30O2S/c1-40(2)35-14-8-6-12-31(35)39(32-13-7-9-15-36(32)40)28-18-16-27(17-19-28)30-21-23-38-34(25-30)33-24-29(26-10-4-3-5-11-26)20-22-37(33)43(38,41)42/h3-25,39H,1-2H3. The third-order valence-corrected chi connectivity index (χ3v) is 11.3. The number of sulfone groups is 1. The van der Waals surface area contributed by atoms with Gasteiger partial charge in [0.25, 0.3) is 0 Å². The van der Waals surface area contributed by atoms with Crippen molar-refractivity contribution < 1.29 is 8.42 Å². The lowest BCUT2D eigenvalue weighted by Gasteiger charge is -2.39. The van der Waals surface area contributed by atoms with E-state index in [9.17, 15) is 8.42 Å². The van der Waals surface area contributed by atoms with E-state index in [0.29, 0.717) is 9.79 Å². The Kier molecular flexibility index (Phi) is 5.66. The van der Waals surface area contributed by atoms with Crippen LogP contribution in [0.1, 0.15) is 47.6 Å². The van der Waals surface area contributed by atoms with Crippen LogP contribution < -0.4 is 0 Å². The van der Waals surface area contributed by atoms with Gasteiger partial charge in [-0.25, -0.2) is 8.42 Å². The summed E-state index contributed by atoms with van der Waals surface area (Å²) in [5.74, 6) is 0.155. The van der Waals surface area contributed by atoms with Crippen LogP contribution in [0.5, 0.6) is 0 Å². The molecule has 0 bridgehead atoms. The molecule has 1 heterocycles. The Morgan fingerprint density at radius 3 is 1.47 bits per heavy atom. The smallest absolute Gasteiger partial charge is 0.207 e. The molecule has 2 nitrogen and oxygen atoms in total. The Bertz CT molecular complexity index is 2110. The molecular weight excluding hydrogens is 545 g/mol. The van der Waals surface area contributed by atoms with Crippen LogP contribution in [0.2, 0.25) is 0 Å². The first-order chi connectivity index (χ1) is 20.8. The molecule has 208 valence electrons. The molecule has 0 unspecified atom stereocenters. The minimum atomic E-state index is -3.55. The van der Waals surface area contributed by atoms with Crippen molar-refractivity contribution in [3.63, 3.8) is 0 Å². The molecule has 43 heavy (non-hydrogen) atoms. The van der Waals surface area contributed by atoms with Crippen LogP contribution in [-0.2, 0) is 15.3 Å². The maximum atomic E-state index is 13.4. The van der Waals surface area contributed by atoms with E-state index < -0.39 is 9.84 Å². The van der Waals surface area contributed by atoms with Gasteiger partial charge in [0.05, 0.1) is 9.79 Å². The van der Waals surface area contributed by atoms with Crippen molar-refractivity contribution in [2.45, 2.75) is 35.0 Å². The van der Waals surface area contributed by atoms with Gasteiger partial charge in [0, 0.05) is 22.5 Å². The van der Waals surface area contributed by atoms with Crippen molar-refractivity contribution >= 4 is 9.84 Å². The molecule has 0 N–H and O–H groups in total. The number of benzene rings is 6. The first-order valence-electron chi connectivity index (χ1n) is 14.7. The zero-order chi connectivity index (χ0) is 29.3. The minimum Gasteiger partial charge on any atom is -0.218 e. The molecule has 0 radical (unpaired) electrons. The molecule has 0 saturated carbocycles. The Morgan fingerprint density at radius 1 is 0.488 bits per heavy atom. The van der Waals surface area contributed by atoms with E-state index in [-0.39, 0.29) is 11.3 Å². The van der Waals surface area contributed by atoms with Gasteiger partial charge in [-0.1, -0.05) is 129 Å². The fraction of sp³-hybridized carbons (Fsp3) is 0.100. The first-order valence-corrected chi connectivity index (χ1v) is 16.2. The first kappa shape index (κ1) is 25.9. The summed E-state index contributed by atoms with van der Waals surface area (Å²) < 4.78 is 26.9. The maximum Gasteiger partial charge on any atom is 0.207 e. The molecule has 0 aromatic heterocycles. The van der Waals surface area contributed by atoms with Crippen LogP contribution in [0.3, 0.4) is 0 Å². The Balaban J connectivity index is 1.21. The van der Waals surface area contributed by atoms with Crippen LogP contribution >= 0.6 is 0 Å². The van der Waals surface area contributed by atoms with Crippen molar-refractivity contribution in [3.8, 4) is 33.4 Å². The Labute approximate surface area is 253 Å². The summed E-state index contributed by atoms with van der Waals surface area (Å²) in [6.45, 7) is 4.64. The summed E-state index contributed by atoms with van der Waals surface area (Å²) in [5, 5.41) is 0. The van der Waals surface area contributed by atoms with E-state index in [1.807, 2.05) is 54.6 Å². The summed E-state index contributed by atoms with van der Waals surface area (Å²) in [6, 6.07) is 48.0. The predicted molar refractivity (Wildman–Crippen MR) is 174 cm³/mol. The summed E-state index contributed by atoms with van der Waals surface area (Å²) in [6.07, 6.45) is 0. The molecule has 1 aliphatic carbocycles. The molecule has 1 aliphatic heterocycles. The molecule has 3 heteroatoms. The van der Waals surface area contributed by atoms with Gasteiger partial charge in [0.1, 0.15) is 0 Å². The molecule has 6 aromatic carbocycles. The van der Waals surface area contributed by atoms with Crippen LogP contribution in [0.4, 0.5) is 0 Å². The monoisotopic (exact) mass is 574 g/mol. The van der Waals surface area contributed by atoms with Crippen molar-refractivity contribution in [1.29, 1.82) is 0 Å². The average Bonchev–Trinajstić information content (AvgIpc) is 3.27. The van der Waals surface area contributed by atoms with Crippen molar-refractivity contribution in [1.82, 2.24) is 0 Å². The van der Waals surface area contributed by atoms with E-state index in [4.69, 9.17) is 0 Å². The highest BCUT2D eigenvalue weighted by atomic mass is 32.2. The van der Waals surface area contributed by atoms with Gasteiger partial charge < -0.3 is 0 Å². The largest absolute Gasteiger partial charge is 0.218 e. The van der Waals surface area contributed by atoms with E-state index >= 15 is 0 Å². The summed E-state index contributed by atoms with van der Waals surface area (Å²) in [7, 11) is -3.55. The molecule has 0 amide bonds. The van der Waals surface area contributed by atoms with Crippen molar-refractivity contribution in [2.24, 2.45) is 0 Å². The fourth-order valence-electron chi connectivity index (χ4n) is 7.23. The highest BCUT2D eigenvalue weighted by Crippen LogP contribution is 2.50. The fourth-order valence-corrected chi connectivity index (χ4v) is 8.88. The van der Waals surface area contributed by atoms with Gasteiger partial charge in [0.15, 0.2) is 0 Å². The minimum absolute atomic E-state index is 0.0644. The summed E-state index contributed by atoms with van der Waals surface area (Å²) in [4.78, 5) is 0.762. The molecule has 0 fully saturated rings. The molecule has 0 saturated heterocycles. The van der Waals surface area contributed by atoms with Crippen molar-refractivity contribution in [2.75, 3.05) is 0 Å². The number of fused-ring (bicyclic) bond motifs is 5. The van der Waals surface area contributed by atoms with Gasteiger partial charge >= 0.3 is 0 Å². The van der Waals surface area contributed by atoms with E-state index in [1.54, 1.807) is 12.1 Å². The van der Waals surface area contributed by atoms with Crippen LogP contribution in [-0.4, -0.2) is 8.42 Å². The van der Waals surface area contributed by atoms with Crippen LogP contribution in [0.15, 0.2) is 149 Å². The van der Waals surface area contributed by atoms with E-state index in [1.165, 1.54) is 27.8 Å². The third kappa shape index (κ3) is 3.88. The number of rotatable bonds is 3. The van der Waals surface area contributed by atoms with Gasteiger partial charge in [-0.2, -0.15) is 0 Å². The second kappa shape index (κ2) is 9.39. The normalized spacial score (nSPS) is 15.7.